The predicted molar refractivity (Wildman–Crippen MR) is 69.0 cm³/mol. The molecule has 0 saturated heterocycles. The van der Waals surface area contributed by atoms with E-state index in [9.17, 15) is 0 Å². The van der Waals surface area contributed by atoms with Crippen molar-refractivity contribution < 1.29 is 0 Å². The molecule has 2 unspecified atom stereocenters. The van der Waals surface area contributed by atoms with Crippen LogP contribution in [0.15, 0.2) is 0 Å². The second kappa shape index (κ2) is 9.17. The van der Waals surface area contributed by atoms with Gasteiger partial charge in [0.2, 0.25) is 0 Å². The number of rotatable bonds is 9. The third-order valence-electron chi connectivity index (χ3n) is 3.22. The zero-order chi connectivity index (χ0) is 11.7. The van der Waals surface area contributed by atoms with Crippen LogP contribution in [-0.4, -0.2) is 31.6 Å². The maximum Gasteiger partial charge on any atom is 0.000387 e. The lowest BCUT2D eigenvalue weighted by molar-refractivity contribution is 0.270. The average Bonchev–Trinajstić information content (AvgIpc) is 2.18. The van der Waals surface area contributed by atoms with Crippen LogP contribution < -0.4 is 5.73 Å². The van der Waals surface area contributed by atoms with Crippen molar-refractivity contribution in [1.29, 1.82) is 0 Å². The van der Waals surface area contributed by atoms with Gasteiger partial charge in [0.1, 0.15) is 0 Å². The summed E-state index contributed by atoms with van der Waals surface area (Å²) >= 11 is 0. The number of nitrogens with zero attached hydrogens (tertiary/aromatic N) is 1. The first-order valence-electron chi connectivity index (χ1n) is 6.48. The summed E-state index contributed by atoms with van der Waals surface area (Å²) in [7, 11) is 2.24. The van der Waals surface area contributed by atoms with E-state index in [0.29, 0.717) is 0 Å². The Morgan fingerprint density at radius 1 is 1.13 bits per heavy atom. The van der Waals surface area contributed by atoms with Gasteiger partial charge in [0.05, 0.1) is 0 Å². The molecule has 0 aromatic carbocycles. The minimum Gasteiger partial charge on any atom is -0.330 e. The molecule has 2 N–H and O–H groups in total. The lowest BCUT2D eigenvalue weighted by Gasteiger charge is -2.21. The van der Waals surface area contributed by atoms with E-state index in [-0.39, 0.29) is 0 Å². The summed E-state index contributed by atoms with van der Waals surface area (Å²) in [6.45, 7) is 10.2. The van der Waals surface area contributed by atoms with Crippen LogP contribution in [0.3, 0.4) is 0 Å². The highest BCUT2D eigenvalue weighted by molar-refractivity contribution is 4.60. The van der Waals surface area contributed by atoms with Gasteiger partial charge in [-0.25, -0.2) is 0 Å². The van der Waals surface area contributed by atoms with E-state index in [2.05, 4.69) is 32.7 Å². The largest absolute Gasteiger partial charge is 0.330 e. The Labute approximate surface area is 96.2 Å². The maximum atomic E-state index is 5.53. The van der Waals surface area contributed by atoms with Crippen LogP contribution in [0.1, 0.15) is 46.5 Å². The number of nitrogens with two attached hydrogens (primary N) is 1. The van der Waals surface area contributed by atoms with E-state index in [1.165, 1.54) is 38.8 Å². The molecule has 0 rings (SSSR count). The van der Waals surface area contributed by atoms with Gasteiger partial charge >= 0.3 is 0 Å². The van der Waals surface area contributed by atoms with Gasteiger partial charge in [0.15, 0.2) is 0 Å². The average molecular weight is 214 g/mol. The van der Waals surface area contributed by atoms with Crippen LogP contribution in [0, 0.1) is 11.8 Å². The Kier molecular flexibility index (Phi) is 9.12. The summed E-state index contributed by atoms with van der Waals surface area (Å²) in [4.78, 5) is 2.46. The van der Waals surface area contributed by atoms with E-state index in [4.69, 9.17) is 5.73 Å². The van der Waals surface area contributed by atoms with E-state index in [0.717, 1.165) is 18.4 Å². The molecule has 0 heterocycles. The number of hydrogen-bond donors (Lipinski definition) is 1. The van der Waals surface area contributed by atoms with Gasteiger partial charge in [-0.15, -0.1) is 0 Å². The smallest absolute Gasteiger partial charge is 0.000387 e. The molecule has 0 radical (unpaired) electrons. The Hall–Kier alpha value is -0.0800. The molecular weight excluding hydrogens is 184 g/mol. The highest BCUT2D eigenvalue weighted by Gasteiger charge is 2.05. The van der Waals surface area contributed by atoms with Gasteiger partial charge in [-0.2, -0.15) is 0 Å². The molecular formula is C13H30N2. The second-order valence-electron chi connectivity index (χ2n) is 5.10. The van der Waals surface area contributed by atoms with Crippen molar-refractivity contribution in [2.75, 3.05) is 26.7 Å². The third-order valence-corrected chi connectivity index (χ3v) is 3.22. The lowest BCUT2D eigenvalue weighted by Crippen LogP contribution is -2.25. The fourth-order valence-corrected chi connectivity index (χ4v) is 1.89. The van der Waals surface area contributed by atoms with Gasteiger partial charge in [-0.05, 0) is 51.2 Å². The molecule has 0 aliphatic rings. The summed E-state index contributed by atoms with van der Waals surface area (Å²) in [5.74, 6) is 1.63. The highest BCUT2D eigenvalue weighted by atomic mass is 15.1. The fourth-order valence-electron chi connectivity index (χ4n) is 1.89. The van der Waals surface area contributed by atoms with Crippen LogP contribution in [-0.2, 0) is 0 Å². The topological polar surface area (TPSA) is 29.3 Å². The van der Waals surface area contributed by atoms with Crippen LogP contribution in [0.5, 0.6) is 0 Å². The highest BCUT2D eigenvalue weighted by Crippen LogP contribution is 2.10. The van der Waals surface area contributed by atoms with Crippen LogP contribution in [0.4, 0.5) is 0 Å². The van der Waals surface area contributed by atoms with Gasteiger partial charge in [0.25, 0.3) is 0 Å². The Morgan fingerprint density at radius 3 is 2.33 bits per heavy atom. The molecule has 0 aromatic rings. The lowest BCUT2D eigenvalue weighted by atomic mass is 10.0. The van der Waals surface area contributed by atoms with Gasteiger partial charge in [-0.3, -0.25) is 0 Å². The van der Waals surface area contributed by atoms with E-state index in [1.54, 1.807) is 0 Å². The fraction of sp³-hybridized carbons (Fsp3) is 1.00. The monoisotopic (exact) mass is 214 g/mol. The van der Waals surface area contributed by atoms with Crippen molar-refractivity contribution in [3.05, 3.63) is 0 Å². The van der Waals surface area contributed by atoms with Crippen molar-refractivity contribution in [2.24, 2.45) is 17.6 Å². The van der Waals surface area contributed by atoms with Crippen LogP contribution >= 0.6 is 0 Å². The van der Waals surface area contributed by atoms with E-state index >= 15 is 0 Å². The molecule has 2 heteroatoms. The minimum absolute atomic E-state index is 0.798. The van der Waals surface area contributed by atoms with Crippen molar-refractivity contribution in [1.82, 2.24) is 4.90 Å². The molecule has 92 valence electrons. The normalized spacial score (nSPS) is 15.6. The Balaban J connectivity index is 3.41. The van der Waals surface area contributed by atoms with Crippen molar-refractivity contribution in [3.8, 4) is 0 Å². The Bertz CT molecular complexity index is 136. The van der Waals surface area contributed by atoms with Crippen molar-refractivity contribution in [2.45, 2.75) is 46.5 Å². The van der Waals surface area contributed by atoms with Crippen molar-refractivity contribution >= 4 is 0 Å². The van der Waals surface area contributed by atoms with E-state index < -0.39 is 0 Å². The summed E-state index contributed by atoms with van der Waals surface area (Å²) in [6.07, 6.45) is 5.10. The number of hydrogen-bond acceptors (Lipinski definition) is 2. The maximum absolute atomic E-state index is 5.53. The molecule has 0 spiro atoms. The third kappa shape index (κ3) is 8.88. The zero-order valence-corrected chi connectivity index (χ0v) is 11.1. The molecule has 0 aliphatic carbocycles. The van der Waals surface area contributed by atoms with Gasteiger partial charge in [-0.1, -0.05) is 27.2 Å². The molecule has 15 heavy (non-hydrogen) atoms. The Morgan fingerprint density at radius 2 is 1.80 bits per heavy atom. The summed E-state index contributed by atoms with van der Waals surface area (Å²) < 4.78 is 0. The molecule has 0 aromatic heterocycles. The summed E-state index contributed by atoms with van der Waals surface area (Å²) in [6, 6.07) is 0. The molecule has 0 bridgehead atoms. The van der Waals surface area contributed by atoms with Gasteiger partial charge in [0, 0.05) is 6.54 Å². The SMILES string of the molecule is CCC(C)CN(C)CCCC(C)CCN. The molecule has 2 atom stereocenters. The van der Waals surface area contributed by atoms with E-state index in [1.807, 2.05) is 0 Å². The first-order chi connectivity index (χ1) is 7.10. The summed E-state index contributed by atoms with van der Waals surface area (Å²) in [5.41, 5.74) is 5.53. The molecule has 2 nitrogen and oxygen atoms in total. The molecule has 0 aliphatic heterocycles. The predicted octanol–water partition coefficient (Wildman–Crippen LogP) is 2.73. The zero-order valence-electron chi connectivity index (χ0n) is 11.1. The standard InChI is InChI=1S/C13H30N2/c1-5-12(2)11-15(4)10-6-7-13(3)8-9-14/h12-13H,5-11,14H2,1-4H3. The van der Waals surface area contributed by atoms with Crippen molar-refractivity contribution in [3.63, 3.8) is 0 Å². The summed E-state index contributed by atoms with van der Waals surface area (Å²) in [5, 5.41) is 0. The molecule has 0 saturated carbocycles. The molecule has 0 amide bonds. The second-order valence-corrected chi connectivity index (χ2v) is 5.10. The molecule has 0 fully saturated rings. The van der Waals surface area contributed by atoms with Crippen LogP contribution in [0.2, 0.25) is 0 Å². The first-order valence-corrected chi connectivity index (χ1v) is 6.48. The first kappa shape index (κ1) is 14.9. The minimum atomic E-state index is 0.798. The van der Waals surface area contributed by atoms with Gasteiger partial charge < -0.3 is 10.6 Å². The van der Waals surface area contributed by atoms with Crippen LogP contribution in [0.25, 0.3) is 0 Å². The quantitative estimate of drug-likeness (QED) is 0.639.